The molecule has 1 saturated carbocycles. The molecule has 0 bridgehead atoms. The first-order chi connectivity index (χ1) is 11.1. The van der Waals surface area contributed by atoms with E-state index >= 15 is 0 Å². The topological polar surface area (TPSA) is 96.2 Å². The maximum absolute atomic E-state index is 12.8. The van der Waals surface area contributed by atoms with Gasteiger partial charge in [-0.15, -0.1) is 12.4 Å². The number of benzene rings is 1. The van der Waals surface area contributed by atoms with Crippen molar-refractivity contribution in [1.82, 2.24) is 10.6 Å². The van der Waals surface area contributed by atoms with Crippen LogP contribution in [-0.2, 0) is 11.3 Å². The summed E-state index contributed by atoms with van der Waals surface area (Å²) in [5.74, 6) is 0.611. The third-order valence-electron chi connectivity index (χ3n) is 5.14. The summed E-state index contributed by atoms with van der Waals surface area (Å²) in [6.07, 6.45) is 4.46. The van der Waals surface area contributed by atoms with Crippen molar-refractivity contribution < 1.29 is 9.59 Å². The molecule has 3 amide bonds. The second-order valence-electron chi connectivity index (χ2n) is 6.60. The minimum absolute atomic E-state index is 0. The molecule has 132 valence electrons. The number of carbonyl (C=O) groups is 2. The van der Waals surface area contributed by atoms with Crippen LogP contribution >= 0.6 is 12.4 Å². The highest BCUT2D eigenvalue weighted by atomic mass is 35.5. The van der Waals surface area contributed by atoms with E-state index in [4.69, 9.17) is 5.73 Å². The fourth-order valence-electron chi connectivity index (χ4n) is 3.95. The van der Waals surface area contributed by atoms with E-state index in [-0.39, 0.29) is 23.7 Å². The van der Waals surface area contributed by atoms with Crippen molar-refractivity contribution in [2.24, 2.45) is 17.1 Å². The van der Waals surface area contributed by atoms with E-state index in [1.165, 1.54) is 6.42 Å². The number of halogens is 1. The second-order valence-corrected chi connectivity index (χ2v) is 6.60. The van der Waals surface area contributed by atoms with Gasteiger partial charge in [-0.25, -0.2) is 4.79 Å². The van der Waals surface area contributed by atoms with Crippen LogP contribution in [0.25, 0.3) is 0 Å². The molecule has 0 spiro atoms. The summed E-state index contributed by atoms with van der Waals surface area (Å²) in [6, 6.07) is 6.77. The van der Waals surface area contributed by atoms with Crippen LogP contribution in [0.3, 0.4) is 0 Å². The minimum Gasteiger partial charge on any atom is -0.351 e. The Hall–Kier alpha value is -1.79. The summed E-state index contributed by atoms with van der Waals surface area (Å²) in [7, 11) is 0. The normalized spacial score (nSPS) is 25.2. The van der Waals surface area contributed by atoms with Crippen molar-refractivity contribution in [1.29, 1.82) is 0 Å². The van der Waals surface area contributed by atoms with Gasteiger partial charge in [-0.2, -0.15) is 0 Å². The van der Waals surface area contributed by atoms with Crippen LogP contribution in [0, 0.1) is 11.3 Å². The fourth-order valence-corrected chi connectivity index (χ4v) is 3.95. The fraction of sp³-hybridized carbons (Fsp3) is 0.529. The number of nitrogens with one attached hydrogen (secondary N) is 3. The Morgan fingerprint density at radius 1 is 1.33 bits per heavy atom. The molecular formula is C17H25ClN4O2. The number of urea groups is 1. The molecule has 1 aliphatic heterocycles. The number of fused-ring (bicyclic) bond motifs is 1. The maximum atomic E-state index is 12.8. The van der Waals surface area contributed by atoms with E-state index in [0.29, 0.717) is 18.2 Å². The first-order valence-electron chi connectivity index (χ1n) is 8.24. The quantitative estimate of drug-likeness (QED) is 0.667. The number of primary amides is 1. The third-order valence-corrected chi connectivity index (χ3v) is 5.14. The number of rotatable bonds is 4. The Morgan fingerprint density at radius 2 is 2.17 bits per heavy atom. The summed E-state index contributed by atoms with van der Waals surface area (Å²) in [6.45, 7) is 2.19. The Morgan fingerprint density at radius 3 is 2.96 bits per heavy atom. The highest BCUT2D eigenvalue weighted by Gasteiger charge is 2.49. The summed E-state index contributed by atoms with van der Waals surface area (Å²) in [4.78, 5) is 23.7. The molecule has 0 unspecified atom stereocenters. The zero-order valence-electron chi connectivity index (χ0n) is 13.6. The molecule has 1 heterocycles. The first-order valence-corrected chi connectivity index (χ1v) is 8.24. The summed E-state index contributed by atoms with van der Waals surface area (Å²) in [5, 5.41) is 9.03. The highest BCUT2D eigenvalue weighted by Crippen LogP contribution is 2.43. The molecule has 2 fully saturated rings. The van der Waals surface area contributed by atoms with Crippen LogP contribution in [0.1, 0.15) is 31.2 Å². The average Bonchev–Trinajstić information content (AvgIpc) is 2.97. The molecule has 0 radical (unpaired) electrons. The van der Waals surface area contributed by atoms with Crippen LogP contribution in [0.4, 0.5) is 10.5 Å². The maximum Gasteiger partial charge on any atom is 0.316 e. The first kappa shape index (κ1) is 18.5. The van der Waals surface area contributed by atoms with Gasteiger partial charge < -0.3 is 21.7 Å². The van der Waals surface area contributed by atoms with Gasteiger partial charge in [-0.3, -0.25) is 4.79 Å². The molecule has 7 heteroatoms. The number of hydrogen-bond donors (Lipinski definition) is 4. The molecule has 2 atom stereocenters. The van der Waals surface area contributed by atoms with Crippen LogP contribution < -0.4 is 21.7 Å². The van der Waals surface area contributed by atoms with Gasteiger partial charge >= 0.3 is 6.03 Å². The summed E-state index contributed by atoms with van der Waals surface area (Å²) in [5.41, 5.74) is 6.47. The zero-order valence-corrected chi connectivity index (χ0v) is 14.5. The Bertz CT molecular complexity index is 610. The molecule has 2 aliphatic rings. The van der Waals surface area contributed by atoms with Gasteiger partial charge in [0.2, 0.25) is 5.91 Å². The molecule has 24 heavy (non-hydrogen) atoms. The van der Waals surface area contributed by atoms with E-state index in [2.05, 4.69) is 16.0 Å². The Labute approximate surface area is 148 Å². The molecule has 1 saturated heterocycles. The number of anilines is 1. The molecule has 3 rings (SSSR count). The monoisotopic (exact) mass is 352 g/mol. The number of amides is 3. The van der Waals surface area contributed by atoms with Crippen molar-refractivity contribution >= 4 is 30.0 Å². The summed E-state index contributed by atoms with van der Waals surface area (Å²) >= 11 is 0. The second kappa shape index (κ2) is 7.85. The lowest BCUT2D eigenvalue weighted by Crippen LogP contribution is -2.47. The zero-order chi connectivity index (χ0) is 16.3. The van der Waals surface area contributed by atoms with Gasteiger partial charge in [0.15, 0.2) is 0 Å². The lowest BCUT2D eigenvalue weighted by atomic mass is 9.67. The van der Waals surface area contributed by atoms with E-state index in [9.17, 15) is 9.59 Å². The van der Waals surface area contributed by atoms with Gasteiger partial charge in [0.05, 0.1) is 5.41 Å². The average molecular weight is 353 g/mol. The summed E-state index contributed by atoms with van der Waals surface area (Å²) < 4.78 is 0. The van der Waals surface area contributed by atoms with Crippen molar-refractivity contribution in [3.63, 3.8) is 0 Å². The van der Waals surface area contributed by atoms with Crippen LogP contribution in [-0.4, -0.2) is 25.0 Å². The van der Waals surface area contributed by atoms with Gasteiger partial charge in [-0.1, -0.05) is 25.0 Å². The Kier molecular flexibility index (Phi) is 6.07. The minimum atomic E-state index is -0.591. The number of hydrogen-bond acceptors (Lipinski definition) is 3. The lowest BCUT2D eigenvalue weighted by Gasteiger charge is -2.37. The van der Waals surface area contributed by atoms with Crippen LogP contribution in [0.15, 0.2) is 24.3 Å². The van der Waals surface area contributed by atoms with E-state index in [1.807, 2.05) is 18.2 Å². The van der Waals surface area contributed by atoms with Gasteiger partial charge in [0.1, 0.15) is 0 Å². The van der Waals surface area contributed by atoms with E-state index in [1.54, 1.807) is 6.07 Å². The molecule has 1 aromatic rings. The van der Waals surface area contributed by atoms with Gasteiger partial charge in [0.25, 0.3) is 0 Å². The van der Waals surface area contributed by atoms with Crippen LogP contribution in [0.2, 0.25) is 0 Å². The van der Waals surface area contributed by atoms with Crippen molar-refractivity contribution in [2.45, 2.75) is 32.2 Å². The smallest absolute Gasteiger partial charge is 0.316 e. The molecule has 5 N–H and O–H groups in total. The lowest BCUT2D eigenvalue weighted by molar-refractivity contribution is -0.134. The SMILES string of the molecule is Cl.NC(=O)Nc1cccc(CNC(=O)[C@@]23CCCC[C@H]2CNC3)c1. The van der Waals surface area contributed by atoms with Gasteiger partial charge in [-0.05, 0) is 43.0 Å². The molecule has 6 nitrogen and oxygen atoms in total. The van der Waals surface area contributed by atoms with Crippen molar-refractivity contribution in [3.8, 4) is 0 Å². The van der Waals surface area contributed by atoms with E-state index in [0.717, 1.165) is 37.9 Å². The molecule has 0 aromatic heterocycles. The van der Waals surface area contributed by atoms with Gasteiger partial charge in [0, 0.05) is 18.8 Å². The standard InChI is InChI=1S/C17H24N4O2.ClH/c18-16(23)21-14-6-3-4-12(8-14)9-20-15(22)17-7-2-1-5-13(17)10-19-11-17;/h3-4,6,8,13,19H,1-2,5,7,9-11H2,(H,20,22)(H3,18,21,23);1H/t13-,17+;/m0./s1. The van der Waals surface area contributed by atoms with E-state index < -0.39 is 6.03 Å². The Balaban J connectivity index is 0.00000208. The van der Waals surface area contributed by atoms with Crippen molar-refractivity contribution in [2.75, 3.05) is 18.4 Å². The molecule has 1 aliphatic carbocycles. The molecular weight excluding hydrogens is 328 g/mol. The third kappa shape index (κ3) is 3.82. The number of nitrogens with two attached hydrogens (primary N) is 1. The van der Waals surface area contributed by atoms with Crippen molar-refractivity contribution in [3.05, 3.63) is 29.8 Å². The van der Waals surface area contributed by atoms with Crippen LogP contribution in [0.5, 0.6) is 0 Å². The predicted octanol–water partition coefficient (Wildman–Crippen LogP) is 1.99. The highest BCUT2D eigenvalue weighted by molar-refractivity contribution is 5.88. The predicted molar refractivity (Wildman–Crippen MR) is 96.0 cm³/mol. The molecule has 1 aromatic carbocycles. The number of carbonyl (C=O) groups excluding carboxylic acids is 2. The largest absolute Gasteiger partial charge is 0.351 e.